The lowest BCUT2D eigenvalue weighted by Gasteiger charge is -2.10. The van der Waals surface area contributed by atoms with Crippen molar-refractivity contribution in [2.24, 2.45) is 11.7 Å². The number of carbonyl (C=O) groups is 2. The number of ether oxygens (including phenoxy) is 1. The summed E-state index contributed by atoms with van der Waals surface area (Å²) >= 11 is 0. The van der Waals surface area contributed by atoms with Gasteiger partial charge in [0.2, 0.25) is 5.91 Å². The van der Waals surface area contributed by atoms with Crippen molar-refractivity contribution in [3.63, 3.8) is 0 Å². The average molecular weight is 236 g/mol. The number of nitrogens with two attached hydrogens (primary N) is 1. The van der Waals surface area contributed by atoms with E-state index in [9.17, 15) is 9.59 Å². The van der Waals surface area contributed by atoms with E-state index in [0.29, 0.717) is 11.3 Å². The van der Waals surface area contributed by atoms with E-state index >= 15 is 0 Å². The quantitative estimate of drug-likeness (QED) is 0.764. The largest absolute Gasteiger partial charge is 0.465 e. The van der Waals surface area contributed by atoms with Crippen molar-refractivity contribution in [1.82, 2.24) is 0 Å². The molecule has 92 valence electrons. The van der Waals surface area contributed by atoms with Gasteiger partial charge in [-0.25, -0.2) is 4.79 Å². The normalized spacial score (nSPS) is 11.7. The molecule has 0 aliphatic heterocycles. The van der Waals surface area contributed by atoms with Gasteiger partial charge < -0.3 is 15.8 Å². The van der Waals surface area contributed by atoms with Crippen molar-refractivity contribution in [3.8, 4) is 0 Å². The zero-order valence-corrected chi connectivity index (χ0v) is 9.90. The fraction of sp³-hybridized carbons (Fsp3) is 0.333. The summed E-state index contributed by atoms with van der Waals surface area (Å²) in [5.41, 5.74) is 6.34. The molecule has 0 heterocycles. The lowest BCUT2D eigenvalue weighted by atomic mass is 10.1. The maximum atomic E-state index is 11.6. The summed E-state index contributed by atoms with van der Waals surface area (Å²) in [5.74, 6) is -0.876. The third-order valence-corrected chi connectivity index (χ3v) is 2.35. The number of hydrogen-bond donors (Lipinski definition) is 2. The topological polar surface area (TPSA) is 81.4 Å². The van der Waals surface area contributed by atoms with E-state index in [-0.39, 0.29) is 18.4 Å². The molecule has 5 heteroatoms. The number of anilines is 1. The monoisotopic (exact) mass is 236 g/mol. The summed E-state index contributed by atoms with van der Waals surface area (Å²) in [4.78, 5) is 22.9. The van der Waals surface area contributed by atoms with Crippen LogP contribution >= 0.6 is 0 Å². The molecule has 0 saturated carbocycles. The van der Waals surface area contributed by atoms with Crippen molar-refractivity contribution in [2.45, 2.75) is 6.92 Å². The lowest BCUT2D eigenvalue weighted by molar-refractivity contribution is -0.119. The predicted octanol–water partition coefficient (Wildman–Crippen LogP) is 1.01. The summed E-state index contributed by atoms with van der Waals surface area (Å²) in [6, 6.07) is 6.56. The van der Waals surface area contributed by atoms with Crippen LogP contribution in [0.2, 0.25) is 0 Å². The highest BCUT2D eigenvalue weighted by atomic mass is 16.5. The second-order valence-electron chi connectivity index (χ2n) is 3.70. The highest BCUT2D eigenvalue weighted by Gasteiger charge is 2.12. The van der Waals surface area contributed by atoms with E-state index < -0.39 is 5.97 Å². The van der Waals surface area contributed by atoms with Crippen LogP contribution in [0, 0.1) is 5.92 Å². The Hall–Kier alpha value is -1.88. The molecule has 1 aromatic rings. The zero-order chi connectivity index (χ0) is 12.8. The van der Waals surface area contributed by atoms with Crippen molar-refractivity contribution in [3.05, 3.63) is 29.8 Å². The molecular formula is C12H16N2O3. The van der Waals surface area contributed by atoms with Crippen LogP contribution < -0.4 is 11.1 Å². The average Bonchev–Trinajstić information content (AvgIpc) is 2.37. The molecule has 1 amide bonds. The van der Waals surface area contributed by atoms with Crippen LogP contribution in [0.15, 0.2) is 24.3 Å². The second kappa shape index (κ2) is 6.00. The molecule has 17 heavy (non-hydrogen) atoms. The number of methoxy groups -OCH3 is 1. The van der Waals surface area contributed by atoms with E-state index in [1.807, 2.05) is 0 Å². The van der Waals surface area contributed by atoms with Gasteiger partial charge in [0.25, 0.3) is 0 Å². The van der Waals surface area contributed by atoms with Crippen LogP contribution in [0.4, 0.5) is 5.69 Å². The van der Waals surface area contributed by atoms with E-state index in [4.69, 9.17) is 5.73 Å². The van der Waals surface area contributed by atoms with Gasteiger partial charge in [-0.1, -0.05) is 13.0 Å². The summed E-state index contributed by atoms with van der Waals surface area (Å²) < 4.78 is 4.59. The first-order valence-corrected chi connectivity index (χ1v) is 5.27. The van der Waals surface area contributed by atoms with Crippen LogP contribution in [-0.4, -0.2) is 25.5 Å². The Morgan fingerprint density at radius 3 is 2.76 bits per heavy atom. The minimum Gasteiger partial charge on any atom is -0.465 e. The van der Waals surface area contributed by atoms with E-state index in [1.165, 1.54) is 7.11 Å². The molecule has 5 nitrogen and oxygen atoms in total. The molecule has 0 aliphatic carbocycles. The van der Waals surface area contributed by atoms with Gasteiger partial charge in [0.1, 0.15) is 0 Å². The fourth-order valence-electron chi connectivity index (χ4n) is 1.21. The molecule has 0 radical (unpaired) electrons. The predicted molar refractivity (Wildman–Crippen MR) is 64.6 cm³/mol. The number of esters is 1. The Morgan fingerprint density at radius 2 is 2.18 bits per heavy atom. The SMILES string of the molecule is COC(=O)c1cccc(NC(=O)C(C)CN)c1. The number of hydrogen-bond acceptors (Lipinski definition) is 4. The number of amides is 1. The molecule has 0 fully saturated rings. The molecule has 1 rings (SSSR count). The molecule has 1 atom stereocenters. The van der Waals surface area contributed by atoms with E-state index in [1.54, 1.807) is 31.2 Å². The number of nitrogens with one attached hydrogen (secondary N) is 1. The van der Waals surface area contributed by atoms with E-state index in [0.717, 1.165) is 0 Å². The van der Waals surface area contributed by atoms with Gasteiger partial charge in [0, 0.05) is 18.2 Å². The Labute approximate surface area is 99.9 Å². The van der Waals surface area contributed by atoms with E-state index in [2.05, 4.69) is 10.1 Å². The maximum absolute atomic E-state index is 11.6. The summed E-state index contributed by atoms with van der Waals surface area (Å²) in [5, 5.41) is 2.69. The van der Waals surface area contributed by atoms with Gasteiger partial charge in [-0.15, -0.1) is 0 Å². The summed E-state index contributed by atoms with van der Waals surface area (Å²) in [6.07, 6.45) is 0. The van der Waals surface area contributed by atoms with Crippen LogP contribution in [0.5, 0.6) is 0 Å². The van der Waals surface area contributed by atoms with Gasteiger partial charge in [-0.3, -0.25) is 4.79 Å². The van der Waals surface area contributed by atoms with Gasteiger partial charge in [0.05, 0.1) is 12.7 Å². The Balaban J connectivity index is 2.79. The number of rotatable bonds is 4. The van der Waals surface area contributed by atoms with Gasteiger partial charge in [-0.05, 0) is 18.2 Å². The van der Waals surface area contributed by atoms with Gasteiger partial charge >= 0.3 is 5.97 Å². The molecule has 3 N–H and O–H groups in total. The minimum atomic E-state index is -0.437. The smallest absolute Gasteiger partial charge is 0.337 e. The van der Waals surface area contributed by atoms with Crippen LogP contribution in [0.1, 0.15) is 17.3 Å². The lowest BCUT2D eigenvalue weighted by Crippen LogP contribution is -2.26. The molecule has 0 aliphatic rings. The fourth-order valence-corrected chi connectivity index (χ4v) is 1.21. The second-order valence-corrected chi connectivity index (χ2v) is 3.70. The van der Waals surface area contributed by atoms with Crippen LogP contribution in [-0.2, 0) is 9.53 Å². The first kappa shape index (κ1) is 13.2. The molecular weight excluding hydrogens is 220 g/mol. The molecule has 1 unspecified atom stereocenters. The number of carbonyl (C=O) groups excluding carboxylic acids is 2. The molecule has 0 bridgehead atoms. The Bertz CT molecular complexity index is 418. The third kappa shape index (κ3) is 3.57. The van der Waals surface area contributed by atoms with Crippen molar-refractivity contribution < 1.29 is 14.3 Å². The first-order valence-electron chi connectivity index (χ1n) is 5.27. The van der Waals surface area contributed by atoms with Gasteiger partial charge in [0.15, 0.2) is 0 Å². The standard InChI is InChI=1S/C12H16N2O3/c1-8(7-13)11(15)14-10-5-3-4-9(6-10)12(16)17-2/h3-6,8H,7,13H2,1-2H3,(H,14,15). The number of benzene rings is 1. The maximum Gasteiger partial charge on any atom is 0.337 e. The first-order chi connectivity index (χ1) is 8.08. The van der Waals surface area contributed by atoms with Crippen molar-refractivity contribution in [1.29, 1.82) is 0 Å². The highest BCUT2D eigenvalue weighted by Crippen LogP contribution is 2.12. The molecule has 0 spiro atoms. The summed E-state index contributed by atoms with van der Waals surface area (Å²) in [6.45, 7) is 2.02. The molecule has 0 aromatic heterocycles. The highest BCUT2D eigenvalue weighted by molar-refractivity contribution is 5.95. The molecule has 0 saturated heterocycles. The Kier molecular flexibility index (Phi) is 4.66. The molecule has 1 aromatic carbocycles. The summed E-state index contributed by atoms with van der Waals surface area (Å²) in [7, 11) is 1.31. The van der Waals surface area contributed by atoms with Gasteiger partial charge in [-0.2, -0.15) is 0 Å². The van der Waals surface area contributed by atoms with Crippen LogP contribution in [0.3, 0.4) is 0 Å². The minimum absolute atomic E-state index is 0.172. The van der Waals surface area contributed by atoms with Crippen molar-refractivity contribution >= 4 is 17.6 Å². The van der Waals surface area contributed by atoms with Crippen molar-refractivity contribution in [2.75, 3.05) is 19.0 Å². The zero-order valence-electron chi connectivity index (χ0n) is 9.90. The Morgan fingerprint density at radius 1 is 1.47 bits per heavy atom. The third-order valence-electron chi connectivity index (χ3n) is 2.35. The van der Waals surface area contributed by atoms with Crippen LogP contribution in [0.25, 0.3) is 0 Å².